The van der Waals surface area contributed by atoms with E-state index in [1.807, 2.05) is 19.9 Å². The third kappa shape index (κ3) is 4.86. The summed E-state index contributed by atoms with van der Waals surface area (Å²) in [5.41, 5.74) is 6.96. The number of rotatable bonds is 3. The molecule has 1 aromatic carbocycles. The number of hydrogen-bond acceptors (Lipinski definition) is 3. The number of ether oxygens (including phenoxy) is 1. The fourth-order valence-corrected chi connectivity index (χ4v) is 1.91. The van der Waals surface area contributed by atoms with Crippen molar-refractivity contribution in [2.45, 2.75) is 26.5 Å². The summed E-state index contributed by atoms with van der Waals surface area (Å²) >= 11 is 0. The van der Waals surface area contributed by atoms with Crippen LogP contribution in [0.3, 0.4) is 0 Å². The van der Waals surface area contributed by atoms with Gasteiger partial charge in [-0.25, -0.2) is 0 Å². The molecular weight excluding hydrogens is 212 g/mol. The molecule has 1 saturated heterocycles. The van der Waals surface area contributed by atoms with Crippen molar-refractivity contribution in [3.63, 3.8) is 0 Å². The van der Waals surface area contributed by atoms with Gasteiger partial charge in [-0.1, -0.05) is 44.2 Å². The van der Waals surface area contributed by atoms with Crippen molar-refractivity contribution in [1.82, 2.24) is 4.90 Å². The minimum Gasteiger partial charge on any atom is -0.374 e. The quantitative estimate of drug-likeness (QED) is 0.870. The van der Waals surface area contributed by atoms with Gasteiger partial charge in [0.2, 0.25) is 0 Å². The summed E-state index contributed by atoms with van der Waals surface area (Å²) in [6.45, 7) is 8.37. The highest BCUT2D eigenvalue weighted by molar-refractivity contribution is 5.14. The van der Waals surface area contributed by atoms with Crippen molar-refractivity contribution in [2.24, 2.45) is 5.73 Å². The molecule has 0 radical (unpaired) electrons. The van der Waals surface area contributed by atoms with E-state index < -0.39 is 0 Å². The summed E-state index contributed by atoms with van der Waals surface area (Å²) in [7, 11) is 0. The van der Waals surface area contributed by atoms with Gasteiger partial charge in [-0.2, -0.15) is 0 Å². The zero-order valence-corrected chi connectivity index (χ0v) is 10.9. The average molecular weight is 236 g/mol. The van der Waals surface area contributed by atoms with E-state index in [1.54, 1.807) is 0 Å². The summed E-state index contributed by atoms with van der Waals surface area (Å²) in [6, 6.07) is 10.5. The lowest BCUT2D eigenvalue weighted by Crippen LogP contribution is -2.45. The van der Waals surface area contributed by atoms with Gasteiger partial charge in [0.25, 0.3) is 0 Å². The lowest BCUT2D eigenvalue weighted by Gasteiger charge is -2.32. The summed E-state index contributed by atoms with van der Waals surface area (Å²) in [5.74, 6) is 0. The van der Waals surface area contributed by atoms with E-state index in [2.05, 4.69) is 29.2 Å². The smallest absolute Gasteiger partial charge is 0.0824 e. The highest BCUT2D eigenvalue weighted by atomic mass is 16.5. The molecule has 2 N–H and O–H groups in total. The second-order valence-electron chi connectivity index (χ2n) is 3.95. The summed E-state index contributed by atoms with van der Waals surface area (Å²) in [6.07, 6.45) is 0.211. The average Bonchev–Trinajstić information content (AvgIpc) is 2.42. The van der Waals surface area contributed by atoms with E-state index in [-0.39, 0.29) is 6.10 Å². The van der Waals surface area contributed by atoms with Crippen LogP contribution < -0.4 is 5.73 Å². The molecule has 0 spiro atoms. The maximum atomic E-state index is 5.61. The van der Waals surface area contributed by atoms with Crippen molar-refractivity contribution in [2.75, 3.05) is 26.2 Å². The Bertz CT molecular complexity index is 290. The monoisotopic (exact) mass is 236 g/mol. The number of nitrogens with zero attached hydrogens (tertiary/aromatic N) is 1. The predicted octanol–water partition coefficient (Wildman–Crippen LogP) is 1.87. The Morgan fingerprint density at radius 1 is 1.29 bits per heavy atom. The van der Waals surface area contributed by atoms with Crippen LogP contribution in [0.25, 0.3) is 0 Å². The largest absolute Gasteiger partial charge is 0.374 e. The summed E-state index contributed by atoms with van der Waals surface area (Å²) < 4.78 is 5.53. The van der Waals surface area contributed by atoms with Gasteiger partial charge in [-0.05, 0) is 5.56 Å². The maximum Gasteiger partial charge on any atom is 0.0824 e. The molecule has 96 valence electrons. The molecule has 17 heavy (non-hydrogen) atoms. The van der Waals surface area contributed by atoms with Crippen LogP contribution in [0.2, 0.25) is 0 Å². The van der Waals surface area contributed by atoms with Crippen LogP contribution in [-0.2, 0) is 11.3 Å². The molecule has 0 aliphatic carbocycles. The highest BCUT2D eigenvalue weighted by Crippen LogP contribution is 2.09. The van der Waals surface area contributed by atoms with Gasteiger partial charge < -0.3 is 10.5 Å². The predicted molar refractivity (Wildman–Crippen MR) is 71.9 cm³/mol. The summed E-state index contributed by atoms with van der Waals surface area (Å²) in [5, 5.41) is 0. The molecule has 3 heteroatoms. The molecular formula is C14H24N2O. The van der Waals surface area contributed by atoms with Crippen LogP contribution in [0.4, 0.5) is 0 Å². The van der Waals surface area contributed by atoms with Crippen molar-refractivity contribution in [1.29, 1.82) is 0 Å². The highest BCUT2D eigenvalue weighted by Gasteiger charge is 2.18. The van der Waals surface area contributed by atoms with E-state index in [1.165, 1.54) is 5.56 Å². The van der Waals surface area contributed by atoms with Gasteiger partial charge in [0, 0.05) is 26.2 Å². The van der Waals surface area contributed by atoms with Gasteiger partial charge in [-0.3, -0.25) is 4.90 Å². The Morgan fingerprint density at radius 3 is 2.65 bits per heavy atom. The first-order chi connectivity index (χ1) is 8.38. The maximum absolute atomic E-state index is 5.61. The molecule has 0 saturated carbocycles. The second-order valence-corrected chi connectivity index (χ2v) is 3.95. The van der Waals surface area contributed by atoms with E-state index in [0.29, 0.717) is 6.54 Å². The van der Waals surface area contributed by atoms with Gasteiger partial charge in [0.1, 0.15) is 0 Å². The van der Waals surface area contributed by atoms with E-state index in [9.17, 15) is 0 Å². The minimum absolute atomic E-state index is 0.211. The number of benzene rings is 1. The molecule has 1 aromatic rings. The zero-order valence-electron chi connectivity index (χ0n) is 10.9. The number of nitrogens with two attached hydrogens (primary N) is 1. The van der Waals surface area contributed by atoms with Crippen molar-refractivity contribution < 1.29 is 4.74 Å². The molecule has 1 unspecified atom stereocenters. The van der Waals surface area contributed by atoms with Gasteiger partial charge in [-0.15, -0.1) is 0 Å². The molecule has 0 bridgehead atoms. The van der Waals surface area contributed by atoms with E-state index >= 15 is 0 Å². The molecule has 1 heterocycles. The normalized spacial score (nSPS) is 20.5. The van der Waals surface area contributed by atoms with Crippen LogP contribution in [-0.4, -0.2) is 37.2 Å². The second kappa shape index (κ2) is 8.23. The lowest BCUT2D eigenvalue weighted by molar-refractivity contribution is -0.0260. The van der Waals surface area contributed by atoms with Crippen LogP contribution in [0.15, 0.2) is 30.3 Å². The van der Waals surface area contributed by atoms with Crippen LogP contribution in [0.1, 0.15) is 19.4 Å². The topological polar surface area (TPSA) is 38.5 Å². The molecule has 1 aliphatic rings. The van der Waals surface area contributed by atoms with E-state index in [4.69, 9.17) is 10.5 Å². The summed E-state index contributed by atoms with van der Waals surface area (Å²) in [4.78, 5) is 2.40. The first-order valence-corrected chi connectivity index (χ1v) is 6.46. The van der Waals surface area contributed by atoms with Crippen LogP contribution in [0.5, 0.6) is 0 Å². The third-order valence-electron chi connectivity index (χ3n) is 2.73. The van der Waals surface area contributed by atoms with Crippen LogP contribution in [0, 0.1) is 0 Å². The lowest BCUT2D eigenvalue weighted by atomic mass is 10.2. The molecule has 1 aliphatic heterocycles. The minimum atomic E-state index is 0.211. The first-order valence-electron chi connectivity index (χ1n) is 6.46. The Kier molecular flexibility index (Phi) is 6.86. The fourth-order valence-electron chi connectivity index (χ4n) is 1.91. The molecule has 3 nitrogen and oxygen atoms in total. The SMILES string of the molecule is CC.NCC1CN(Cc2ccccc2)CCO1. The number of hydrogen-bond donors (Lipinski definition) is 1. The molecule has 1 atom stereocenters. The Morgan fingerprint density at radius 2 is 2.00 bits per heavy atom. The molecule has 0 amide bonds. The van der Waals surface area contributed by atoms with Crippen LogP contribution >= 0.6 is 0 Å². The number of morpholine rings is 1. The van der Waals surface area contributed by atoms with Gasteiger partial charge in [0.15, 0.2) is 0 Å². The molecule has 2 rings (SSSR count). The Balaban J connectivity index is 0.000000686. The Labute approximate surface area is 105 Å². The Hall–Kier alpha value is -0.900. The van der Waals surface area contributed by atoms with Crippen molar-refractivity contribution in [3.8, 4) is 0 Å². The van der Waals surface area contributed by atoms with Crippen molar-refractivity contribution in [3.05, 3.63) is 35.9 Å². The third-order valence-corrected chi connectivity index (χ3v) is 2.73. The first kappa shape index (κ1) is 14.2. The van der Waals surface area contributed by atoms with Gasteiger partial charge >= 0.3 is 0 Å². The molecule has 0 aromatic heterocycles. The fraction of sp³-hybridized carbons (Fsp3) is 0.571. The van der Waals surface area contributed by atoms with Crippen molar-refractivity contribution >= 4 is 0 Å². The molecule has 1 fully saturated rings. The van der Waals surface area contributed by atoms with E-state index in [0.717, 1.165) is 26.2 Å². The van der Waals surface area contributed by atoms with Gasteiger partial charge in [0.05, 0.1) is 12.7 Å². The standard InChI is InChI=1S/C12H18N2O.C2H6/c13-8-12-10-14(6-7-15-12)9-11-4-2-1-3-5-11;1-2/h1-5,12H,6-10,13H2;1-2H3. The zero-order chi connectivity index (χ0) is 12.5.